The molecule has 0 fully saturated rings. The lowest BCUT2D eigenvalue weighted by atomic mass is 10.1. The summed E-state index contributed by atoms with van der Waals surface area (Å²) in [5.74, 6) is -0.386. The van der Waals surface area contributed by atoms with E-state index in [1.165, 1.54) is 10.6 Å². The molecule has 34 heavy (non-hydrogen) atoms. The number of anilines is 1. The number of likely N-dealkylation sites (N-methyl/N-ethyl adjacent to an activating group) is 1. The predicted octanol–water partition coefficient (Wildman–Crippen LogP) is 3.71. The first-order chi connectivity index (χ1) is 16.0. The van der Waals surface area contributed by atoms with Crippen LogP contribution in [-0.2, 0) is 26.2 Å². The maximum atomic E-state index is 13.3. The maximum Gasteiger partial charge on any atom is 0.242 e. The number of rotatable bonds is 11. The van der Waals surface area contributed by atoms with Crippen LogP contribution in [0.5, 0.6) is 0 Å². The Hall–Kier alpha value is -2.87. The highest BCUT2D eigenvalue weighted by molar-refractivity contribution is 7.92. The smallest absolute Gasteiger partial charge is 0.242 e. The van der Waals surface area contributed by atoms with Gasteiger partial charge in [-0.05, 0) is 56.4 Å². The van der Waals surface area contributed by atoms with Crippen LogP contribution in [-0.4, -0.2) is 51.0 Å². The second-order valence-electron chi connectivity index (χ2n) is 8.78. The van der Waals surface area contributed by atoms with Crippen molar-refractivity contribution in [2.45, 2.75) is 59.5 Å². The third-order valence-electron chi connectivity index (χ3n) is 5.85. The zero-order valence-corrected chi connectivity index (χ0v) is 21.9. The van der Waals surface area contributed by atoms with Crippen LogP contribution in [0.2, 0.25) is 0 Å². The Morgan fingerprint density at radius 3 is 2.29 bits per heavy atom. The minimum Gasteiger partial charge on any atom is -0.357 e. The third kappa shape index (κ3) is 7.32. The number of benzene rings is 2. The fourth-order valence-corrected chi connectivity index (χ4v) is 5.08. The molecule has 186 valence electrons. The summed E-state index contributed by atoms with van der Waals surface area (Å²) in [6, 6.07) is 13.0. The normalized spacial score (nSPS) is 12.2. The van der Waals surface area contributed by atoms with Crippen molar-refractivity contribution in [1.29, 1.82) is 0 Å². The monoisotopic (exact) mass is 487 g/mol. The third-order valence-corrected chi connectivity index (χ3v) is 7.03. The highest BCUT2D eigenvalue weighted by Crippen LogP contribution is 2.25. The van der Waals surface area contributed by atoms with E-state index in [1.807, 2.05) is 70.2 Å². The number of aryl methyl sites for hydroxylation is 3. The van der Waals surface area contributed by atoms with Crippen molar-refractivity contribution in [3.63, 3.8) is 0 Å². The molecule has 0 aromatic heterocycles. The van der Waals surface area contributed by atoms with Crippen molar-refractivity contribution in [2.75, 3.05) is 24.2 Å². The van der Waals surface area contributed by atoms with E-state index in [0.29, 0.717) is 25.1 Å². The summed E-state index contributed by atoms with van der Waals surface area (Å²) in [5, 5.41) is 2.66. The van der Waals surface area contributed by atoms with Gasteiger partial charge in [0.1, 0.15) is 6.04 Å². The number of carbonyl (C=O) groups excluding carboxylic acids is 2. The van der Waals surface area contributed by atoms with Gasteiger partial charge in [-0.1, -0.05) is 48.9 Å². The first-order valence-electron chi connectivity index (χ1n) is 11.6. The summed E-state index contributed by atoms with van der Waals surface area (Å²) in [6.07, 6.45) is 2.14. The van der Waals surface area contributed by atoms with Crippen molar-refractivity contribution in [2.24, 2.45) is 0 Å². The van der Waals surface area contributed by atoms with E-state index in [1.54, 1.807) is 11.9 Å². The molecule has 8 heteroatoms. The quantitative estimate of drug-likeness (QED) is 0.523. The van der Waals surface area contributed by atoms with Crippen LogP contribution in [0.1, 0.15) is 48.4 Å². The first kappa shape index (κ1) is 27.4. The summed E-state index contributed by atoms with van der Waals surface area (Å²) in [5.41, 5.74) is 4.47. The molecule has 0 radical (unpaired) electrons. The number of sulfonamides is 1. The fourth-order valence-electron chi connectivity index (χ4n) is 4.06. The molecule has 0 aliphatic rings. The number of carbonyl (C=O) groups is 2. The lowest BCUT2D eigenvalue weighted by Crippen LogP contribution is -2.48. The Morgan fingerprint density at radius 1 is 1.03 bits per heavy atom. The van der Waals surface area contributed by atoms with Gasteiger partial charge in [-0.25, -0.2) is 8.42 Å². The molecular formula is C26H37N3O4S. The van der Waals surface area contributed by atoms with Crippen LogP contribution in [0.4, 0.5) is 5.69 Å². The van der Waals surface area contributed by atoms with Crippen molar-refractivity contribution in [1.82, 2.24) is 10.2 Å². The molecule has 0 saturated heterocycles. The Morgan fingerprint density at radius 2 is 1.71 bits per heavy atom. The maximum absolute atomic E-state index is 13.3. The van der Waals surface area contributed by atoms with Gasteiger partial charge in [0, 0.05) is 26.6 Å². The molecule has 0 bridgehead atoms. The zero-order chi connectivity index (χ0) is 25.5. The van der Waals surface area contributed by atoms with E-state index in [9.17, 15) is 18.0 Å². The van der Waals surface area contributed by atoms with Crippen molar-refractivity contribution in [3.8, 4) is 0 Å². The molecule has 2 amide bonds. The van der Waals surface area contributed by atoms with Crippen LogP contribution in [0.3, 0.4) is 0 Å². The lowest BCUT2D eigenvalue weighted by Gasteiger charge is -2.31. The van der Waals surface area contributed by atoms with Gasteiger partial charge in [0.05, 0.1) is 11.9 Å². The number of nitrogens with one attached hydrogen (secondary N) is 1. The molecule has 0 spiro atoms. The van der Waals surface area contributed by atoms with Gasteiger partial charge in [0.2, 0.25) is 21.8 Å². The Bertz CT molecular complexity index is 1110. The Kier molecular flexibility index (Phi) is 9.67. The highest BCUT2D eigenvalue weighted by Gasteiger charge is 2.28. The molecule has 0 heterocycles. The molecule has 2 aromatic rings. The van der Waals surface area contributed by atoms with Gasteiger partial charge in [-0.3, -0.25) is 13.9 Å². The average molecular weight is 488 g/mol. The minimum absolute atomic E-state index is 0.135. The average Bonchev–Trinajstić information content (AvgIpc) is 2.77. The van der Waals surface area contributed by atoms with Gasteiger partial charge in [0.15, 0.2) is 0 Å². The second-order valence-corrected chi connectivity index (χ2v) is 10.7. The first-order valence-corrected chi connectivity index (χ1v) is 13.4. The van der Waals surface area contributed by atoms with E-state index in [0.717, 1.165) is 22.3 Å². The van der Waals surface area contributed by atoms with Gasteiger partial charge >= 0.3 is 0 Å². The van der Waals surface area contributed by atoms with Gasteiger partial charge in [-0.15, -0.1) is 0 Å². The second kappa shape index (κ2) is 12.0. The summed E-state index contributed by atoms with van der Waals surface area (Å²) in [7, 11) is -1.96. The number of hydrogen-bond acceptors (Lipinski definition) is 4. The van der Waals surface area contributed by atoms with Crippen molar-refractivity contribution >= 4 is 27.5 Å². The van der Waals surface area contributed by atoms with Gasteiger partial charge in [-0.2, -0.15) is 0 Å². The summed E-state index contributed by atoms with van der Waals surface area (Å²) >= 11 is 0. The van der Waals surface area contributed by atoms with Crippen molar-refractivity contribution in [3.05, 3.63) is 64.7 Å². The van der Waals surface area contributed by atoms with Crippen LogP contribution in [0.15, 0.2) is 42.5 Å². The number of nitrogens with zero attached hydrogens (tertiary/aromatic N) is 2. The molecule has 1 unspecified atom stereocenters. The number of hydrogen-bond donors (Lipinski definition) is 1. The molecule has 1 atom stereocenters. The van der Waals surface area contributed by atoms with E-state index >= 15 is 0 Å². The topological polar surface area (TPSA) is 86.8 Å². The summed E-state index contributed by atoms with van der Waals surface area (Å²) in [6.45, 7) is 8.15. The van der Waals surface area contributed by atoms with E-state index < -0.39 is 16.1 Å². The van der Waals surface area contributed by atoms with E-state index in [-0.39, 0.29) is 24.8 Å². The molecule has 7 nitrogen and oxygen atoms in total. The zero-order valence-electron chi connectivity index (χ0n) is 21.1. The van der Waals surface area contributed by atoms with E-state index in [2.05, 4.69) is 5.32 Å². The fraction of sp³-hybridized carbons (Fsp3) is 0.462. The van der Waals surface area contributed by atoms with Gasteiger partial charge < -0.3 is 10.2 Å². The molecule has 0 saturated carbocycles. The van der Waals surface area contributed by atoms with Crippen LogP contribution in [0, 0.1) is 20.8 Å². The van der Waals surface area contributed by atoms with Crippen LogP contribution >= 0.6 is 0 Å². The SMILES string of the molecule is CCC(C(=O)NC)N(Cc1cccc(C)c1)C(=O)CCCN(c1cc(C)ccc1C)S(C)(=O)=O. The Labute approximate surface area is 204 Å². The molecule has 1 N–H and O–H groups in total. The van der Waals surface area contributed by atoms with E-state index in [4.69, 9.17) is 0 Å². The molecule has 0 aliphatic heterocycles. The molecule has 2 aromatic carbocycles. The lowest BCUT2D eigenvalue weighted by molar-refractivity contribution is -0.141. The molecule has 2 rings (SSSR count). The number of amides is 2. The summed E-state index contributed by atoms with van der Waals surface area (Å²) in [4.78, 5) is 27.4. The van der Waals surface area contributed by atoms with Gasteiger partial charge in [0.25, 0.3) is 0 Å². The highest BCUT2D eigenvalue weighted by atomic mass is 32.2. The molecular weight excluding hydrogens is 450 g/mol. The standard InChI is InChI=1S/C26H37N3O4S/c1-7-23(26(31)27-5)28(18-22-11-8-10-19(2)16-22)25(30)12-9-15-29(34(6,32)33)24-17-20(3)13-14-21(24)4/h8,10-11,13-14,16-17,23H,7,9,12,15,18H2,1-6H3,(H,27,31). The summed E-state index contributed by atoms with van der Waals surface area (Å²) < 4.78 is 26.4. The van der Waals surface area contributed by atoms with Crippen molar-refractivity contribution < 1.29 is 18.0 Å². The van der Waals surface area contributed by atoms with Crippen LogP contribution in [0.25, 0.3) is 0 Å². The predicted molar refractivity (Wildman–Crippen MR) is 137 cm³/mol. The largest absolute Gasteiger partial charge is 0.357 e. The van der Waals surface area contributed by atoms with Crippen LogP contribution < -0.4 is 9.62 Å². The minimum atomic E-state index is -3.52. The molecule has 0 aliphatic carbocycles. The Balaban J connectivity index is 2.22.